The van der Waals surface area contributed by atoms with Gasteiger partial charge in [-0.2, -0.15) is 0 Å². The normalized spacial score (nSPS) is 11.9. The molecule has 1 rings (SSSR count). The standard InChI is InChI=1S/C12H20N4O2/c1-3-5-9(4-2)14-10-6-11(15-13)8-12(7-10)16(17)18/h6-9,14-15H,3-5,13H2,1-2H3. The van der Waals surface area contributed by atoms with Crippen LogP contribution in [0.5, 0.6) is 0 Å². The van der Waals surface area contributed by atoms with Crippen LogP contribution in [0.2, 0.25) is 0 Å². The molecule has 1 atom stereocenters. The van der Waals surface area contributed by atoms with E-state index in [1.165, 1.54) is 12.1 Å². The molecule has 0 aliphatic heterocycles. The Morgan fingerprint density at radius 3 is 2.50 bits per heavy atom. The van der Waals surface area contributed by atoms with E-state index in [0.29, 0.717) is 11.7 Å². The summed E-state index contributed by atoms with van der Waals surface area (Å²) in [7, 11) is 0. The van der Waals surface area contributed by atoms with E-state index in [1.54, 1.807) is 6.07 Å². The van der Waals surface area contributed by atoms with E-state index in [4.69, 9.17) is 5.84 Å². The van der Waals surface area contributed by atoms with Crippen molar-refractivity contribution in [3.8, 4) is 0 Å². The van der Waals surface area contributed by atoms with Gasteiger partial charge in [0.1, 0.15) is 0 Å². The topological polar surface area (TPSA) is 93.2 Å². The molecular formula is C12H20N4O2. The molecule has 0 saturated carbocycles. The molecule has 4 N–H and O–H groups in total. The maximum Gasteiger partial charge on any atom is 0.273 e. The van der Waals surface area contributed by atoms with Crippen LogP contribution in [0.25, 0.3) is 0 Å². The van der Waals surface area contributed by atoms with Gasteiger partial charge in [-0.05, 0) is 18.9 Å². The first-order valence-electron chi connectivity index (χ1n) is 6.13. The molecule has 1 unspecified atom stereocenters. The van der Waals surface area contributed by atoms with Gasteiger partial charge < -0.3 is 10.7 Å². The fourth-order valence-electron chi connectivity index (χ4n) is 1.85. The summed E-state index contributed by atoms with van der Waals surface area (Å²) in [5.41, 5.74) is 3.71. The van der Waals surface area contributed by atoms with Crippen molar-refractivity contribution in [3.63, 3.8) is 0 Å². The molecule has 18 heavy (non-hydrogen) atoms. The van der Waals surface area contributed by atoms with Gasteiger partial charge >= 0.3 is 0 Å². The third-order valence-corrected chi connectivity index (χ3v) is 2.80. The van der Waals surface area contributed by atoms with Crippen molar-refractivity contribution in [1.82, 2.24) is 0 Å². The van der Waals surface area contributed by atoms with Crippen molar-refractivity contribution in [2.75, 3.05) is 10.7 Å². The number of hydrogen-bond acceptors (Lipinski definition) is 5. The fourth-order valence-corrected chi connectivity index (χ4v) is 1.85. The highest BCUT2D eigenvalue weighted by Gasteiger charge is 2.11. The molecule has 6 nitrogen and oxygen atoms in total. The molecule has 0 aliphatic carbocycles. The third-order valence-electron chi connectivity index (χ3n) is 2.80. The lowest BCUT2D eigenvalue weighted by Crippen LogP contribution is -2.18. The van der Waals surface area contributed by atoms with Crippen LogP contribution in [0.15, 0.2) is 18.2 Å². The first kappa shape index (κ1) is 14.2. The van der Waals surface area contributed by atoms with Crippen molar-refractivity contribution in [1.29, 1.82) is 0 Å². The molecule has 100 valence electrons. The van der Waals surface area contributed by atoms with Crippen LogP contribution in [0.3, 0.4) is 0 Å². The summed E-state index contributed by atoms with van der Waals surface area (Å²) in [5.74, 6) is 5.31. The van der Waals surface area contributed by atoms with E-state index >= 15 is 0 Å². The summed E-state index contributed by atoms with van der Waals surface area (Å²) in [6.07, 6.45) is 3.08. The highest BCUT2D eigenvalue weighted by Crippen LogP contribution is 2.25. The predicted octanol–water partition coefficient (Wildman–Crippen LogP) is 2.87. The van der Waals surface area contributed by atoms with Gasteiger partial charge in [0, 0.05) is 23.9 Å². The lowest BCUT2D eigenvalue weighted by Gasteiger charge is -2.18. The predicted molar refractivity (Wildman–Crippen MR) is 73.5 cm³/mol. The second-order valence-corrected chi connectivity index (χ2v) is 4.21. The molecule has 0 aromatic heterocycles. The van der Waals surface area contributed by atoms with Crippen molar-refractivity contribution in [3.05, 3.63) is 28.3 Å². The minimum atomic E-state index is -0.424. The summed E-state index contributed by atoms with van der Waals surface area (Å²) in [6.45, 7) is 4.21. The van der Waals surface area contributed by atoms with E-state index in [-0.39, 0.29) is 5.69 Å². The molecule has 0 radical (unpaired) electrons. The second-order valence-electron chi connectivity index (χ2n) is 4.21. The number of nitro benzene ring substituents is 1. The van der Waals surface area contributed by atoms with E-state index in [2.05, 4.69) is 24.6 Å². The largest absolute Gasteiger partial charge is 0.382 e. The van der Waals surface area contributed by atoms with Crippen LogP contribution >= 0.6 is 0 Å². The number of hydrazine groups is 1. The minimum absolute atomic E-state index is 0.0271. The van der Waals surface area contributed by atoms with Gasteiger partial charge in [-0.15, -0.1) is 0 Å². The fraction of sp³-hybridized carbons (Fsp3) is 0.500. The lowest BCUT2D eigenvalue weighted by molar-refractivity contribution is -0.384. The van der Waals surface area contributed by atoms with Gasteiger partial charge in [-0.3, -0.25) is 16.0 Å². The molecule has 1 aromatic rings. The number of nitrogens with one attached hydrogen (secondary N) is 2. The zero-order chi connectivity index (χ0) is 13.5. The van der Waals surface area contributed by atoms with Gasteiger partial charge in [-0.1, -0.05) is 20.3 Å². The zero-order valence-corrected chi connectivity index (χ0v) is 10.8. The molecule has 0 saturated heterocycles. The first-order chi connectivity index (χ1) is 8.60. The summed E-state index contributed by atoms with van der Waals surface area (Å²) in [4.78, 5) is 10.4. The lowest BCUT2D eigenvalue weighted by atomic mass is 10.1. The zero-order valence-electron chi connectivity index (χ0n) is 10.8. The van der Waals surface area contributed by atoms with Crippen molar-refractivity contribution in [2.45, 2.75) is 39.2 Å². The number of nitrogens with zero attached hydrogens (tertiary/aromatic N) is 1. The van der Waals surface area contributed by atoms with E-state index in [9.17, 15) is 10.1 Å². The molecular weight excluding hydrogens is 232 g/mol. The summed E-state index contributed by atoms with van der Waals surface area (Å²) in [6, 6.07) is 5.03. The Kier molecular flexibility index (Phi) is 5.38. The van der Waals surface area contributed by atoms with Gasteiger partial charge in [0.25, 0.3) is 5.69 Å². The molecule has 0 fully saturated rings. The number of non-ortho nitro benzene ring substituents is 1. The Morgan fingerprint density at radius 2 is 2.00 bits per heavy atom. The Morgan fingerprint density at radius 1 is 1.33 bits per heavy atom. The monoisotopic (exact) mass is 252 g/mol. The smallest absolute Gasteiger partial charge is 0.273 e. The highest BCUT2D eigenvalue weighted by molar-refractivity contribution is 5.63. The number of nitrogens with two attached hydrogens (primary N) is 1. The number of nitro groups is 1. The summed E-state index contributed by atoms with van der Waals surface area (Å²) >= 11 is 0. The van der Waals surface area contributed by atoms with Crippen molar-refractivity contribution < 1.29 is 4.92 Å². The third kappa shape index (κ3) is 3.89. The minimum Gasteiger partial charge on any atom is -0.382 e. The number of rotatable bonds is 7. The molecule has 0 aliphatic rings. The second kappa shape index (κ2) is 6.80. The Labute approximate surface area is 107 Å². The molecule has 0 bridgehead atoms. The van der Waals surface area contributed by atoms with Gasteiger partial charge in [0.15, 0.2) is 0 Å². The van der Waals surface area contributed by atoms with Crippen LogP contribution in [0.4, 0.5) is 17.1 Å². The quantitative estimate of drug-likeness (QED) is 0.394. The van der Waals surface area contributed by atoms with E-state index < -0.39 is 4.92 Å². The number of hydrogen-bond donors (Lipinski definition) is 3. The van der Waals surface area contributed by atoms with Crippen molar-refractivity contribution in [2.24, 2.45) is 5.84 Å². The van der Waals surface area contributed by atoms with Crippen LogP contribution < -0.4 is 16.6 Å². The van der Waals surface area contributed by atoms with Crippen LogP contribution in [0, 0.1) is 10.1 Å². The molecule has 1 aromatic carbocycles. The van der Waals surface area contributed by atoms with Crippen LogP contribution in [-0.2, 0) is 0 Å². The highest BCUT2D eigenvalue weighted by atomic mass is 16.6. The van der Waals surface area contributed by atoms with Gasteiger partial charge in [0.2, 0.25) is 0 Å². The van der Waals surface area contributed by atoms with E-state index in [0.717, 1.165) is 24.9 Å². The Hall–Kier alpha value is -1.82. The van der Waals surface area contributed by atoms with Gasteiger partial charge in [0.05, 0.1) is 10.6 Å². The average molecular weight is 252 g/mol. The Bertz CT molecular complexity index is 409. The number of benzene rings is 1. The molecule has 0 heterocycles. The molecule has 0 amide bonds. The first-order valence-corrected chi connectivity index (χ1v) is 6.13. The average Bonchev–Trinajstić information content (AvgIpc) is 2.37. The summed E-state index contributed by atoms with van der Waals surface area (Å²) in [5, 5.41) is 14.1. The van der Waals surface area contributed by atoms with Crippen LogP contribution in [0.1, 0.15) is 33.1 Å². The van der Waals surface area contributed by atoms with E-state index in [1.807, 2.05) is 0 Å². The SMILES string of the molecule is CCCC(CC)Nc1cc(NN)cc([N+](=O)[O-])c1. The van der Waals surface area contributed by atoms with Gasteiger partial charge in [-0.25, -0.2) is 0 Å². The molecule has 6 heteroatoms. The Balaban J connectivity index is 2.93. The maximum absolute atomic E-state index is 10.8. The molecule has 0 spiro atoms. The van der Waals surface area contributed by atoms with Crippen molar-refractivity contribution >= 4 is 17.1 Å². The number of anilines is 2. The number of nitrogen functional groups attached to an aromatic ring is 1. The summed E-state index contributed by atoms with van der Waals surface area (Å²) < 4.78 is 0. The maximum atomic E-state index is 10.8. The van der Waals surface area contributed by atoms with Crippen LogP contribution in [-0.4, -0.2) is 11.0 Å².